The lowest BCUT2D eigenvalue weighted by Gasteiger charge is -2.34. The zero-order valence-corrected chi connectivity index (χ0v) is 12.9. The molecule has 1 saturated heterocycles. The molecule has 1 fully saturated rings. The number of anilines is 1. The highest BCUT2D eigenvalue weighted by Gasteiger charge is 2.16. The van der Waals surface area contributed by atoms with Gasteiger partial charge < -0.3 is 10.2 Å². The van der Waals surface area contributed by atoms with Gasteiger partial charge >= 0.3 is 0 Å². The summed E-state index contributed by atoms with van der Waals surface area (Å²) in [6.07, 6.45) is 2.39. The van der Waals surface area contributed by atoms with Crippen LogP contribution in [0.5, 0.6) is 0 Å². The summed E-state index contributed by atoms with van der Waals surface area (Å²) in [6, 6.07) is 6.29. The third kappa shape index (κ3) is 4.76. The normalized spacial score (nSPS) is 17.3. The molecule has 112 valence electrons. The van der Waals surface area contributed by atoms with E-state index in [0.29, 0.717) is 0 Å². The molecule has 0 bridgehead atoms. The number of rotatable bonds is 7. The van der Waals surface area contributed by atoms with E-state index in [1.54, 1.807) is 0 Å². The Labute approximate surface area is 123 Å². The lowest BCUT2D eigenvalue weighted by atomic mass is 10.2. The fraction of sp³-hybridized carbons (Fsp3) is 0.688. The zero-order valence-electron chi connectivity index (χ0n) is 12.9. The number of hydrogen-bond donors (Lipinski definition) is 1. The van der Waals surface area contributed by atoms with Crippen molar-refractivity contribution in [2.24, 2.45) is 0 Å². The maximum atomic E-state index is 4.69. The molecular formula is C16H28N4. The topological polar surface area (TPSA) is 31.4 Å². The van der Waals surface area contributed by atoms with Crippen molar-refractivity contribution >= 4 is 5.82 Å². The average molecular weight is 276 g/mol. The Balaban J connectivity index is 1.81. The third-order valence-corrected chi connectivity index (χ3v) is 3.75. The van der Waals surface area contributed by atoms with Crippen molar-refractivity contribution < 1.29 is 0 Å². The molecule has 1 aromatic rings. The lowest BCUT2D eigenvalue weighted by molar-refractivity contribution is 0.126. The molecule has 1 aliphatic rings. The van der Waals surface area contributed by atoms with Crippen LogP contribution >= 0.6 is 0 Å². The Morgan fingerprint density at radius 1 is 1.05 bits per heavy atom. The van der Waals surface area contributed by atoms with E-state index in [1.165, 1.54) is 31.7 Å². The molecule has 4 nitrogen and oxygen atoms in total. The number of pyridine rings is 1. The minimum atomic E-state index is 0.974. The third-order valence-electron chi connectivity index (χ3n) is 3.75. The molecule has 0 atom stereocenters. The van der Waals surface area contributed by atoms with E-state index in [-0.39, 0.29) is 0 Å². The van der Waals surface area contributed by atoms with Crippen LogP contribution in [0.25, 0.3) is 0 Å². The fourth-order valence-corrected chi connectivity index (χ4v) is 2.64. The van der Waals surface area contributed by atoms with Crippen LogP contribution < -0.4 is 5.32 Å². The van der Waals surface area contributed by atoms with Crippen molar-refractivity contribution in [3.63, 3.8) is 0 Å². The molecular weight excluding hydrogens is 248 g/mol. The summed E-state index contributed by atoms with van der Waals surface area (Å²) < 4.78 is 0. The van der Waals surface area contributed by atoms with Crippen LogP contribution in [0, 0.1) is 0 Å². The zero-order chi connectivity index (χ0) is 14.2. The second-order valence-corrected chi connectivity index (χ2v) is 5.56. The van der Waals surface area contributed by atoms with Crippen molar-refractivity contribution in [2.75, 3.05) is 44.6 Å². The first kappa shape index (κ1) is 15.3. The molecule has 0 amide bonds. The van der Waals surface area contributed by atoms with Gasteiger partial charge in [-0.05, 0) is 31.5 Å². The Bertz CT molecular complexity index is 386. The van der Waals surface area contributed by atoms with E-state index in [4.69, 9.17) is 4.98 Å². The molecule has 0 unspecified atom stereocenters. The summed E-state index contributed by atoms with van der Waals surface area (Å²) in [4.78, 5) is 9.76. The van der Waals surface area contributed by atoms with Gasteiger partial charge in [-0.3, -0.25) is 4.90 Å². The minimum absolute atomic E-state index is 0.974. The smallest absolute Gasteiger partial charge is 0.126 e. The monoisotopic (exact) mass is 276 g/mol. The predicted octanol–water partition coefficient (Wildman–Crippen LogP) is 2.43. The van der Waals surface area contributed by atoms with Gasteiger partial charge in [0.25, 0.3) is 0 Å². The van der Waals surface area contributed by atoms with Gasteiger partial charge in [-0.25, -0.2) is 4.98 Å². The average Bonchev–Trinajstić information content (AvgIpc) is 2.48. The van der Waals surface area contributed by atoms with E-state index in [1.807, 2.05) is 0 Å². The summed E-state index contributed by atoms with van der Waals surface area (Å²) >= 11 is 0. The van der Waals surface area contributed by atoms with E-state index in [9.17, 15) is 0 Å². The maximum absolute atomic E-state index is 4.69. The Morgan fingerprint density at radius 3 is 2.50 bits per heavy atom. The van der Waals surface area contributed by atoms with Crippen molar-refractivity contribution in [1.82, 2.24) is 14.8 Å². The highest BCUT2D eigenvalue weighted by atomic mass is 15.3. The molecule has 0 saturated carbocycles. The molecule has 0 spiro atoms. The SMILES string of the molecule is CCCNc1cccc(CN2CCN(CCC)CC2)n1. The standard InChI is InChI=1S/C16H28N4/c1-3-8-17-16-7-5-6-15(18-16)14-20-12-10-19(9-4-2)11-13-20/h5-7H,3-4,8-14H2,1-2H3,(H,17,18). The van der Waals surface area contributed by atoms with Crippen LogP contribution in [0.15, 0.2) is 18.2 Å². The van der Waals surface area contributed by atoms with Crippen LogP contribution in [0.1, 0.15) is 32.4 Å². The molecule has 1 aromatic heterocycles. The van der Waals surface area contributed by atoms with Gasteiger partial charge in [0.2, 0.25) is 0 Å². The number of aromatic nitrogens is 1. The summed E-state index contributed by atoms with van der Waals surface area (Å²) in [5, 5.41) is 3.36. The molecule has 2 heterocycles. The molecule has 4 heteroatoms. The molecule has 0 radical (unpaired) electrons. The molecule has 1 aliphatic heterocycles. The van der Waals surface area contributed by atoms with Crippen LogP contribution in [-0.2, 0) is 6.54 Å². The highest BCUT2D eigenvalue weighted by Crippen LogP contribution is 2.10. The van der Waals surface area contributed by atoms with Gasteiger partial charge in [0, 0.05) is 39.3 Å². The van der Waals surface area contributed by atoms with Crippen molar-refractivity contribution in [3.05, 3.63) is 23.9 Å². The summed E-state index contributed by atoms with van der Waals surface area (Å²) in [5.41, 5.74) is 1.18. The number of nitrogens with zero attached hydrogens (tertiary/aromatic N) is 3. The molecule has 2 rings (SSSR count). The fourth-order valence-electron chi connectivity index (χ4n) is 2.64. The van der Waals surface area contributed by atoms with Crippen molar-refractivity contribution in [1.29, 1.82) is 0 Å². The number of nitrogens with one attached hydrogen (secondary N) is 1. The molecule has 1 N–H and O–H groups in total. The number of hydrogen-bond acceptors (Lipinski definition) is 4. The lowest BCUT2D eigenvalue weighted by Crippen LogP contribution is -2.46. The van der Waals surface area contributed by atoms with Crippen LogP contribution in [0.3, 0.4) is 0 Å². The van der Waals surface area contributed by atoms with E-state index in [2.05, 4.69) is 47.2 Å². The first-order chi connectivity index (χ1) is 9.81. The van der Waals surface area contributed by atoms with Gasteiger partial charge in [0.05, 0.1) is 5.69 Å². The van der Waals surface area contributed by atoms with Crippen LogP contribution in [0.4, 0.5) is 5.82 Å². The van der Waals surface area contributed by atoms with Gasteiger partial charge in [-0.1, -0.05) is 19.9 Å². The Morgan fingerprint density at radius 2 is 1.80 bits per heavy atom. The van der Waals surface area contributed by atoms with Crippen LogP contribution in [-0.4, -0.2) is 54.1 Å². The Hall–Kier alpha value is -1.13. The molecule has 0 aromatic carbocycles. The largest absolute Gasteiger partial charge is 0.370 e. The van der Waals surface area contributed by atoms with Gasteiger partial charge in [-0.15, -0.1) is 0 Å². The first-order valence-corrected chi connectivity index (χ1v) is 7.96. The van der Waals surface area contributed by atoms with Gasteiger partial charge in [0.15, 0.2) is 0 Å². The first-order valence-electron chi connectivity index (χ1n) is 7.96. The van der Waals surface area contributed by atoms with E-state index >= 15 is 0 Å². The van der Waals surface area contributed by atoms with Gasteiger partial charge in [-0.2, -0.15) is 0 Å². The summed E-state index contributed by atoms with van der Waals surface area (Å²) in [5.74, 6) is 1.01. The quantitative estimate of drug-likeness (QED) is 0.829. The maximum Gasteiger partial charge on any atom is 0.126 e. The summed E-state index contributed by atoms with van der Waals surface area (Å²) in [7, 11) is 0. The summed E-state index contributed by atoms with van der Waals surface area (Å²) in [6.45, 7) is 12.3. The second kappa shape index (κ2) is 8.22. The predicted molar refractivity (Wildman–Crippen MR) is 85.0 cm³/mol. The van der Waals surface area contributed by atoms with E-state index in [0.717, 1.165) is 38.4 Å². The molecule has 20 heavy (non-hydrogen) atoms. The number of piperazine rings is 1. The van der Waals surface area contributed by atoms with E-state index < -0.39 is 0 Å². The second-order valence-electron chi connectivity index (χ2n) is 5.56. The van der Waals surface area contributed by atoms with Crippen LogP contribution in [0.2, 0.25) is 0 Å². The minimum Gasteiger partial charge on any atom is -0.370 e. The Kier molecular flexibility index (Phi) is 6.27. The van der Waals surface area contributed by atoms with Gasteiger partial charge in [0.1, 0.15) is 5.82 Å². The van der Waals surface area contributed by atoms with Crippen molar-refractivity contribution in [2.45, 2.75) is 33.2 Å². The van der Waals surface area contributed by atoms with Crippen molar-refractivity contribution in [3.8, 4) is 0 Å². The molecule has 0 aliphatic carbocycles. The highest BCUT2D eigenvalue weighted by molar-refractivity contribution is 5.35.